The minimum Gasteiger partial charge on any atom is -0.466 e. The lowest BCUT2D eigenvalue weighted by Crippen LogP contribution is -2.49. The minimum atomic E-state index is -0.150. The summed E-state index contributed by atoms with van der Waals surface area (Å²) < 4.78 is 13.1. The van der Waals surface area contributed by atoms with Gasteiger partial charge in [-0.15, -0.1) is 0 Å². The van der Waals surface area contributed by atoms with Crippen molar-refractivity contribution in [1.82, 2.24) is 5.32 Å². The molecule has 1 aliphatic rings. The van der Waals surface area contributed by atoms with E-state index in [9.17, 15) is 0 Å². The summed E-state index contributed by atoms with van der Waals surface area (Å²) >= 11 is 3.60. The Morgan fingerprint density at radius 2 is 2.35 bits per heavy atom. The van der Waals surface area contributed by atoms with Gasteiger partial charge in [-0.2, -0.15) is 0 Å². The Morgan fingerprint density at radius 3 is 2.90 bits per heavy atom. The molecule has 0 amide bonds. The summed E-state index contributed by atoms with van der Waals surface area (Å²) in [6.45, 7) is 8.19. The zero-order valence-electron chi connectivity index (χ0n) is 12.7. The summed E-state index contributed by atoms with van der Waals surface area (Å²) in [5.74, 6) is 1.67. The Morgan fingerprint density at radius 1 is 1.55 bits per heavy atom. The lowest BCUT2D eigenvalue weighted by Gasteiger charge is -2.45. The molecule has 114 valence electrons. The molecule has 3 unspecified atom stereocenters. The van der Waals surface area contributed by atoms with Gasteiger partial charge in [0.15, 0.2) is 0 Å². The van der Waals surface area contributed by atoms with Crippen LogP contribution in [0, 0.1) is 5.92 Å². The minimum absolute atomic E-state index is 0.111. The van der Waals surface area contributed by atoms with Crippen molar-refractivity contribution in [3.05, 3.63) is 22.6 Å². The van der Waals surface area contributed by atoms with E-state index in [1.165, 1.54) is 12.8 Å². The van der Waals surface area contributed by atoms with E-state index in [4.69, 9.17) is 9.15 Å². The molecule has 1 aromatic heterocycles. The van der Waals surface area contributed by atoms with E-state index in [-0.39, 0.29) is 11.6 Å². The fourth-order valence-corrected chi connectivity index (χ4v) is 3.97. The molecule has 0 radical (unpaired) electrons. The van der Waals surface area contributed by atoms with Crippen molar-refractivity contribution >= 4 is 15.9 Å². The fraction of sp³-hybridized carbons (Fsp3) is 0.750. The molecule has 1 fully saturated rings. The van der Waals surface area contributed by atoms with Crippen molar-refractivity contribution in [3.8, 4) is 0 Å². The molecule has 3 nitrogen and oxygen atoms in total. The average Bonchev–Trinajstić information content (AvgIpc) is 2.82. The van der Waals surface area contributed by atoms with Crippen LogP contribution in [0.2, 0.25) is 0 Å². The number of furan rings is 1. The molecule has 1 N–H and O–H groups in total. The smallest absolute Gasteiger partial charge is 0.137 e. The van der Waals surface area contributed by atoms with Crippen LogP contribution in [0.4, 0.5) is 0 Å². The molecule has 1 aromatic rings. The molecule has 4 heteroatoms. The first kappa shape index (κ1) is 16.1. The van der Waals surface area contributed by atoms with E-state index in [2.05, 4.69) is 42.0 Å². The van der Waals surface area contributed by atoms with Gasteiger partial charge in [-0.3, -0.25) is 0 Å². The number of ether oxygens (including phenoxy) is 1. The Kier molecular flexibility index (Phi) is 5.70. The average molecular weight is 344 g/mol. The molecule has 3 atom stereocenters. The quantitative estimate of drug-likeness (QED) is 0.814. The highest BCUT2D eigenvalue weighted by Crippen LogP contribution is 2.45. The molecule has 1 heterocycles. The predicted octanol–water partition coefficient (Wildman–Crippen LogP) is 4.68. The van der Waals surface area contributed by atoms with Gasteiger partial charge in [0.1, 0.15) is 5.76 Å². The third-order valence-corrected chi connectivity index (χ3v) is 4.92. The van der Waals surface area contributed by atoms with Gasteiger partial charge in [-0.25, -0.2) is 0 Å². The molecule has 1 aliphatic carbocycles. The summed E-state index contributed by atoms with van der Waals surface area (Å²) in [7, 11) is 0. The Labute approximate surface area is 130 Å². The van der Waals surface area contributed by atoms with Crippen LogP contribution in [-0.4, -0.2) is 18.8 Å². The van der Waals surface area contributed by atoms with Crippen LogP contribution in [0.15, 0.2) is 21.2 Å². The molecule has 0 aliphatic heterocycles. The van der Waals surface area contributed by atoms with Crippen LogP contribution in [0.5, 0.6) is 0 Å². The highest BCUT2D eigenvalue weighted by molar-refractivity contribution is 9.10. The SMILES string of the molecule is CCNC(c1occc1Br)C1(OCC)CCCC(C)C1. The molecule has 20 heavy (non-hydrogen) atoms. The zero-order valence-corrected chi connectivity index (χ0v) is 14.3. The fourth-order valence-electron chi connectivity index (χ4n) is 3.54. The van der Waals surface area contributed by atoms with Gasteiger partial charge in [0.25, 0.3) is 0 Å². The van der Waals surface area contributed by atoms with E-state index in [1.54, 1.807) is 6.26 Å². The third kappa shape index (κ3) is 3.29. The lowest BCUT2D eigenvalue weighted by molar-refractivity contribution is -0.105. The number of nitrogens with one attached hydrogen (secondary N) is 1. The van der Waals surface area contributed by atoms with Crippen molar-refractivity contribution in [2.24, 2.45) is 5.92 Å². The first-order valence-corrected chi connectivity index (χ1v) is 8.52. The first-order valence-electron chi connectivity index (χ1n) is 7.73. The number of rotatable bonds is 6. The van der Waals surface area contributed by atoms with Gasteiger partial charge in [0.05, 0.1) is 22.4 Å². The molecule has 1 saturated carbocycles. The Balaban J connectivity index is 2.34. The predicted molar refractivity (Wildman–Crippen MR) is 84.8 cm³/mol. The number of hydrogen-bond acceptors (Lipinski definition) is 3. The van der Waals surface area contributed by atoms with Crippen LogP contribution in [-0.2, 0) is 4.74 Å². The van der Waals surface area contributed by atoms with Gasteiger partial charge in [0, 0.05) is 6.61 Å². The van der Waals surface area contributed by atoms with E-state index in [1.807, 2.05) is 6.07 Å². The summed E-state index contributed by atoms with van der Waals surface area (Å²) in [5.41, 5.74) is -0.150. The second-order valence-electron chi connectivity index (χ2n) is 5.82. The van der Waals surface area contributed by atoms with Crippen molar-refractivity contribution in [2.75, 3.05) is 13.2 Å². The lowest BCUT2D eigenvalue weighted by atomic mass is 9.73. The second kappa shape index (κ2) is 7.10. The highest BCUT2D eigenvalue weighted by Gasteiger charge is 2.45. The molecular formula is C16H26BrNO2. The zero-order chi connectivity index (χ0) is 14.6. The van der Waals surface area contributed by atoms with Gasteiger partial charge in [0.2, 0.25) is 0 Å². The van der Waals surface area contributed by atoms with Gasteiger partial charge in [-0.05, 0) is 54.2 Å². The Bertz CT molecular complexity index is 416. The van der Waals surface area contributed by atoms with Gasteiger partial charge < -0.3 is 14.5 Å². The molecule has 0 saturated heterocycles. The van der Waals surface area contributed by atoms with Crippen molar-refractivity contribution in [3.63, 3.8) is 0 Å². The van der Waals surface area contributed by atoms with Crippen LogP contribution < -0.4 is 5.32 Å². The summed E-state index contributed by atoms with van der Waals surface area (Å²) in [6, 6.07) is 2.07. The normalized spacial score (nSPS) is 28.5. The Hall–Kier alpha value is -0.320. The number of likely N-dealkylation sites (N-methyl/N-ethyl adjacent to an activating group) is 1. The maximum absolute atomic E-state index is 6.29. The molecular weight excluding hydrogens is 318 g/mol. The summed E-state index contributed by atoms with van der Waals surface area (Å²) in [5, 5.41) is 3.59. The van der Waals surface area contributed by atoms with Gasteiger partial charge in [-0.1, -0.05) is 26.7 Å². The topological polar surface area (TPSA) is 34.4 Å². The summed E-state index contributed by atoms with van der Waals surface area (Å²) in [4.78, 5) is 0. The maximum Gasteiger partial charge on any atom is 0.137 e. The highest BCUT2D eigenvalue weighted by atomic mass is 79.9. The monoisotopic (exact) mass is 343 g/mol. The molecule has 0 spiro atoms. The first-order chi connectivity index (χ1) is 9.63. The second-order valence-corrected chi connectivity index (χ2v) is 6.68. The number of hydrogen-bond donors (Lipinski definition) is 1. The van der Waals surface area contributed by atoms with Crippen molar-refractivity contribution in [1.29, 1.82) is 0 Å². The van der Waals surface area contributed by atoms with E-state index < -0.39 is 0 Å². The van der Waals surface area contributed by atoms with Gasteiger partial charge >= 0.3 is 0 Å². The van der Waals surface area contributed by atoms with Crippen LogP contribution in [0.1, 0.15) is 58.3 Å². The summed E-state index contributed by atoms with van der Waals surface area (Å²) in [6.07, 6.45) is 6.45. The van der Waals surface area contributed by atoms with Crippen molar-refractivity contribution < 1.29 is 9.15 Å². The largest absolute Gasteiger partial charge is 0.466 e. The maximum atomic E-state index is 6.29. The van der Waals surface area contributed by atoms with Crippen LogP contribution in [0.3, 0.4) is 0 Å². The number of halogens is 1. The third-order valence-electron chi connectivity index (χ3n) is 4.26. The van der Waals surface area contributed by atoms with E-state index in [0.717, 1.165) is 36.2 Å². The van der Waals surface area contributed by atoms with E-state index in [0.29, 0.717) is 5.92 Å². The van der Waals surface area contributed by atoms with Crippen LogP contribution in [0.25, 0.3) is 0 Å². The van der Waals surface area contributed by atoms with E-state index >= 15 is 0 Å². The molecule has 2 rings (SSSR count). The standard InChI is InChI=1S/C16H26BrNO2/c1-4-18-15(14-13(17)8-10-19-14)16(20-5-2)9-6-7-12(3)11-16/h8,10,12,15,18H,4-7,9,11H2,1-3H3. The molecule has 0 bridgehead atoms. The van der Waals surface area contributed by atoms with Crippen LogP contribution >= 0.6 is 15.9 Å². The molecule has 0 aromatic carbocycles. The van der Waals surface area contributed by atoms with Crippen molar-refractivity contribution in [2.45, 2.75) is 58.1 Å².